The van der Waals surface area contributed by atoms with Gasteiger partial charge >= 0.3 is 5.97 Å². The summed E-state index contributed by atoms with van der Waals surface area (Å²) >= 11 is 11.7. The summed E-state index contributed by atoms with van der Waals surface area (Å²) in [5.41, 5.74) is 0.407. The molecule has 0 saturated heterocycles. The maximum absolute atomic E-state index is 12.6. The lowest BCUT2D eigenvalue weighted by Gasteiger charge is -2.06. The summed E-state index contributed by atoms with van der Waals surface area (Å²) in [5.74, 6) is -1.11. The zero-order valence-corrected chi connectivity index (χ0v) is 14.2. The van der Waals surface area contributed by atoms with Crippen molar-refractivity contribution in [2.75, 3.05) is 0 Å². The highest BCUT2D eigenvalue weighted by Gasteiger charge is 2.24. The zero-order chi connectivity index (χ0) is 17.9. The number of allylic oxidation sites excluding steroid dienone is 1. The molecule has 0 bridgehead atoms. The van der Waals surface area contributed by atoms with E-state index in [0.717, 1.165) is 12.1 Å². The molecule has 0 fully saturated rings. The van der Waals surface area contributed by atoms with Gasteiger partial charge in [0.25, 0.3) is 0 Å². The van der Waals surface area contributed by atoms with Gasteiger partial charge in [0.1, 0.15) is 11.0 Å². The van der Waals surface area contributed by atoms with E-state index in [1.54, 1.807) is 6.07 Å². The Morgan fingerprint density at radius 3 is 2.29 bits per heavy atom. The fourth-order valence-electron chi connectivity index (χ4n) is 1.84. The summed E-state index contributed by atoms with van der Waals surface area (Å²) in [6.07, 6.45) is 1.14. The third-order valence-corrected chi connectivity index (χ3v) is 5.42. The van der Waals surface area contributed by atoms with Gasteiger partial charge in [-0.15, -0.1) is 0 Å². The van der Waals surface area contributed by atoms with Crippen LogP contribution in [0.1, 0.15) is 15.9 Å². The van der Waals surface area contributed by atoms with Crippen LogP contribution in [0.15, 0.2) is 52.3 Å². The molecule has 0 aromatic heterocycles. The Labute approximate surface area is 148 Å². The fraction of sp³-hybridized carbons (Fsp3) is 0. The van der Waals surface area contributed by atoms with Crippen molar-refractivity contribution >= 4 is 45.1 Å². The van der Waals surface area contributed by atoms with E-state index in [4.69, 9.17) is 28.3 Å². The van der Waals surface area contributed by atoms with Crippen molar-refractivity contribution in [1.29, 1.82) is 5.26 Å². The quantitative estimate of drug-likeness (QED) is 0.806. The van der Waals surface area contributed by atoms with Crippen molar-refractivity contribution in [2.45, 2.75) is 4.90 Å². The molecule has 0 heterocycles. The van der Waals surface area contributed by atoms with Gasteiger partial charge < -0.3 is 5.11 Å². The first-order valence-corrected chi connectivity index (χ1v) is 8.65. The van der Waals surface area contributed by atoms with Gasteiger partial charge in [-0.1, -0.05) is 35.3 Å². The molecule has 5 nitrogen and oxygen atoms in total. The minimum Gasteiger partial charge on any atom is -0.478 e. The molecule has 0 atom stereocenters. The number of nitriles is 1. The summed E-state index contributed by atoms with van der Waals surface area (Å²) in [5, 5.41) is 18.2. The van der Waals surface area contributed by atoms with Gasteiger partial charge in [-0.3, -0.25) is 0 Å². The molecule has 122 valence electrons. The second-order valence-corrected chi connectivity index (χ2v) is 7.36. The predicted octanol–water partition coefficient (Wildman–Crippen LogP) is 4.03. The SMILES string of the molecule is N#C/C(=C\c1ccc(C(=O)O)cc1)S(=O)(=O)c1cc(Cl)ccc1Cl. The number of carboxylic acid groups (broad SMARTS) is 1. The summed E-state index contributed by atoms with van der Waals surface area (Å²) < 4.78 is 25.2. The maximum Gasteiger partial charge on any atom is 0.335 e. The molecule has 2 aromatic carbocycles. The van der Waals surface area contributed by atoms with Crippen molar-refractivity contribution in [3.8, 4) is 6.07 Å². The topological polar surface area (TPSA) is 95.2 Å². The fourth-order valence-corrected chi connectivity index (χ4v) is 3.76. The normalized spacial score (nSPS) is 11.8. The number of rotatable bonds is 4. The monoisotopic (exact) mass is 381 g/mol. The number of nitrogens with zero attached hydrogens (tertiary/aromatic N) is 1. The van der Waals surface area contributed by atoms with Crippen molar-refractivity contribution in [1.82, 2.24) is 0 Å². The lowest BCUT2D eigenvalue weighted by atomic mass is 10.1. The first-order valence-electron chi connectivity index (χ1n) is 6.41. The molecule has 0 saturated carbocycles. The largest absolute Gasteiger partial charge is 0.478 e. The molecule has 0 spiro atoms. The molecule has 0 unspecified atom stereocenters. The number of hydrogen-bond donors (Lipinski definition) is 1. The van der Waals surface area contributed by atoms with Crippen LogP contribution in [0, 0.1) is 11.3 Å². The minimum absolute atomic E-state index is 0.0476. The second-order valence-electron chi connectivity index (χ2n) is 4.63. The number of sulfone groups is 1. The maximum atomic E-state index is 12.6. The van der Waals surface area contributed by atoms with Crippen LogP contribution in [-0.2, 0) is 9.84 Å². The van der Waals surface area contributed by atoms with E-state index in [2.05, 4.69) is 0 Å². The summed E-state index contributed by atoms with van der Waals surface area (Å²) in [7, 11) is -4.16. The third-order valence-electron chi connectivity index (χ3n) is 3.04. The van der Waals surface area contributed by atoms with Crippen LogP contribution < -0.4 is 0 Å². The average Bonchev–Trinajstić information content (AvgIpc) is 2.55. The van der Waals surface area contributed by atoms with Crippen molar-refractivity contribution < 1.29 is 18.3 Å². The Morgan fingerprint density at radius 2 is 1.75 bits per heavy atom. The highest BCUT2D eigenvalue weighted by atomic mass is 35.5. The molecular weight excluding hydrogens is 373 g/mol. The lowest BCUT2D eigenvalue weighted by Crippen LogP contribution is -2.04. The van der Waals surface area contributed by atoms with E-state index >= 15 is 0 Å². The number of carboxylic acids is 1. The lowest BCUT2D eigenvalue weighted by molar-refractivity contribution is 0.0697. The van der Waals surface area contributed by atoms with Crippen LogP contribution in [0.2, 0.25) is 10.0 Å². The van der Waals surface area contributed by atoms with E-state index in [9.17, 15) is 18.5 Å². The molecule has 0 aliphatic heterocycles. The third kappa shape index (κ3) is 3.77. The number of halogens is 2. The van der Waals surface area contributed by atoms with Crippen molar-refractivity contribution in [3.05, 3.63) is 68.5 Å². The molecule has 0 radical (unpaired) electrons. The van der Waals surface area contributed by atoms with E-state index in [-0.39, 0.29) is 20.5 Å². The Kier molecular flexibility index (Phi) is 5.30. The Hall–Kier alpha value is -2.33. The molecule has 2 aromatic rings. The number of carbonyl (C=O) groups is 1. The average molecular weight is 382 g/mol. The van der Waals surface area contributed by atoms with Gasteiger partial charge in [-0.2, -0.15) is 5.26 Å². The zero-order valence-electron chi connectivity index (χ0n) is 11.9. The smallest absolute Gasteiger partial charge is 0.335 e. The molecule has 0 aliphatic carbocycles. The molecule has 0 amide bonds. The van der Waals surface area contributed by atoms with Gasteiger partial charge in [-0.05, 0) is 42.0 Å². The Balaban J connectivity index is 2.52. The molecule has 0 aliphatic rings. The van der Waals surface area contributed by atoms with E-state index in [0.29, 0.717) is 5.56 Å². The van der Waals surface area contributed by atoms with Crippen LogP contribution in [0.5, 0.6) is 0 Å². The highest BCUT2D eigenvalue weighted by molar-refractivity contribution is 7.95. The Bertz CT molecular complexity index is 974. The number of hydrogen-bond acceptors (Lipinski definition) is 4. The molecule has 8 heteroatoms. The van der Waals surface area contributed by atoms with E-state index < -0.39 is 20.7 Å². The summed E-state index contributed by atoms with van der Waals surface area (Å²) in [6, 6.07) is 11.0. The van der Waals surface area contributed by atoms with Crippen LogP contribution in [-0.4, -0.2) is 19.5 Å². The molecule has 1 N–H and O–H groups in total. The van der Waals surface area contributed by atoms with Crippen LogP contribution in [0.3, 0.4) is 0 Å². The number of benzene rings is 2. The van der Waals surface area contributed by atoms with Crippen molar-refractivity contribution in [3.63, 3.8) is 0 Å². The summed E-state index contributed by atoms with van der Waals surface area (Å²) in [6.45, 7) is 0. The first kappa shape index (κ1) is 18.0. The van der Waals surface area contributed by atoms with Gasteiger partial charge in [0.15, 0.2) is 0 Å². The predicted molar refractivity (Wildman–Crippen MR) is 90.6 cm³/mol. The van der Waals surface area contributed by atoms with Gasteiger partial charge in [0, 0.05) is 5.02 Å². The van der Waals surface area contributed by atoms with Gasteiger partial charge in [0.05, 0.1) is 15.5 Å². The van der Waals surface area contributed by atoms with Gasteiger partial charge in [-0.25, -0.2) is 13.2 Å². The van der Waals surface area contributed by atoms with Crippen LogP contribution in [0.4, 0.5) is 0 Å². The Morgan fingerprint density at radius 1 is 1.12 bits per heavy atom. The molecule has 24 heavy (non-hydrogen) atoms. The minimum atomic E-state index is -4.16. The van der Waals surface area contributed by atoms with Crippen LogP contribution >= 0.6 is 23.2 Å². The first-order chi connectivity index (χ1) is 11.3. The van der Waals surface area contributed by atoms with Crippen LogP contribution in [0.25, 0.3) is 6.08 Å². The molecular formula is C16H9Cl2NO4S. The summed E-state index contributed by atoms with van der Waals surface area (Å²) in [4.78, 5) is 10.0. The molecule has 2 rings (SSSR count). The van der Waals surface area contributed by atoms with E-state index in [1.165, 1.54) is 36.4 Å². The van der Waals surface area contributed by atoms with Gasteiger partial charge in [0.2, 0.25) is 9.84 Å². The van der Waals surface area contributed by atoms with E-state index in [1.807, 2.05) is 0 Å². The second kappa shape index (κ2) is 7.05. The van der Waals surface area contributed by atoms with Crippen molar-refractivity contribution in [2.24, 2.45) is 0 Å². The standard InChI is InChI=1S/C16H9Cl2NO4S/c17-12-5-6-14(18)15(8-12)24(22,23)13(9-19)7-10-1-3-11(4-2-10)16(20)21/h1-8H,(H,20,21)/b13-7+. The number of aromatic carboxylic acids is 1. The highest BCUT2D eigenvalue weighted by Crippen LogP contribution is 2.30.